The van der Waals surface area contributed by atoms with E-state index in [1.165, 1.54) is 11.8 Å². The molecule has 1 aromatic heterocycles. The lowest BCUT2D eigenvalue weighted by Gasteiger charge is -2.27. The highest BCUT2D eigenvalue weighted by atomic mass is 32.2. The normalized spacial score (nSPS) is 13.1. The largest absolute Gasteiger partial charge is 0.495 e. The average Bonchev–Trinajstić information content (AvgIpc) is 3.08. The first-order valence-electron chi connectivity index (χ1n) is 7.79. The highest BCUT2D eigenvalue weighted by Crippen LogP contribution is 2.26. The Kier molecular flexibility index (Phi) is 6.04. The molecule has 0 bridgehead atoms. The van der Waals surface area contributed by atoms with Crippen molar-refractivity contribution < 1.29 is 9.53 Å². The molecule has 132 valence electrons. The summed E-state index contributed by atoms with van der Waals surface area (Å²) in [5, 5.41) is 20.6. The third-order valence-electron chi connectivity index (χ3n) is 3.98. The monoisotopic (exact) mass is 359 g/mol. The summed E-state index contributed by atoms with van der Waals surface area (Å²) in [6, 6.07) is 9.66. The number of benzene rings is 1. The summed E-state index contributed by atoms with van der Waals surface area (Å²) in [5.74, 6) is 0.601. The topological polar surface area (TPSA) is 92.8 Å². The highest BCUT2D eigenvalue weighted by molar-refractivity contribution is 7.99. The Bertz CT molecular complexity index is 783. The number of carbonyl (C=O) groups excluding carboxylic acids is 1. The molecule has 1 N–H and O–H groups in total. The third-order valence-corrected chi connectivity index (χ3v) is 4.92. The quantitative estimate of drug-likeness (QED) is 0.763. The van der Waals surface area contributed by atoms with Gasteiger partial charge in [-0.1, -0.05) is 37.7 Å². The second-order valence-corrected chi connectivity index (χ2v) is 6.90. The van der Waals surface area contributed by atoms with E-state index in [1.54, 1.807) is 24.9 Å². The first-order valence-corrected chi connectivity index (χ1v) is 8.78. The van der Waals surface area contributed by atoms with Crippen molar-refractivity contribution in [2.75, 3.05) is 12.9 Å². The molecule has 1 atom stereocenters. The molecule has 1 aromatic carbocycles. The molecule has 0 saturated heterocycles. The Morgan fingerprint density at radius 3 is 2.84 bits per heavy atom. The van der Waals surface area contributed by atoms with E-state index < -0.39 is 5.54 Å². The van der Waals surface area contributed by atoms with Gasteiger partial charge in [0.1, 0.15) is 17.6 Å². The van der Waals surface area contributed by atoms with Crippen LogP contribution >= 0.6 is 11.8 Å². The van der Waals surface area contributed by atoms with Crippen molar-refractivity contribution in [3.8, 4) is 17.5 Å². The van der Waals surface area contributed by atoms with Crippen molar-refractivity contribution in [1.29, 1.82) is 5.26 Å². The number of nitrogens with zero attached hydrogens (tertiary/aromatic N) is 4. The summed E-state index contributed by atoms with van der Waals surface area (Å²) in [5.41, 5.74) is -0.101. The Labute approximate surface area is 151 Å². The molecule has 25 heavy (non-hydrogen) atoms. The fourth-order valence-electron chi connectivity index (χ4n) is 2.07. The first kappa shape index (κ1) is 18.8. The number of hydrogen-bond donors (Lipinski definition) is 1. The molecule has 0 aliphatic rings. The van der Waals surface area contributed by atoms with E-state index in [1.807, 2.05) is 38.1 Å². The summed E-state index contributed by atoms with van der Waals surface area (Å²) in [4.78, 5) is 12.2. The first-order chi connectivity index (χ1) is 11.9. The molecular formula is C17H21N5O2S. The molecule has 1 amide bonds. The molecule has 0 saturated carbocycles. The average molecular weight is 359 g/mol. The molecular weight excluding hydrogens is 338 g/mol. The number of aromatic nitrogens is 3. The number of rotatable bonds is 7. The number of nitrogens with one attached hydrogen (secondary N) is 1. The molecule has 0 unspecified atom stereocenters. The van der Waals surface area contributed by atoms with Crippen LogP contribution in [0.1, 0.15) is 20.8 Å². The number of carbonyl (C=O) groups is 1. The van der Waals surface area contributed by atoms with Crippen LogP contribution < -0.4 is 10.1 Å². The minimum atomic E-state index is -0.895. The van der Waals surface area contributed by atoms with Gasteiger partial charge in [0, 0.05) is 0 Å². The summed E-state index contributed by atoms with van der Waals surface area (Å²) in [7, 11) is 1.60. The molecule has 8 heteroatoms. The van der Waals surface area contributed by atoms with E-state index in [9.17, 15) is 10.1 Å². The zero-order chi connectivity index (χ0) is 18.4. The van der Waals surface area contributed by atoms with Crippen LogP contribution in [-0.2, 0) is 4.79 Å². The van der Waals surface area contributed by atoms with Gasteiger partial charge in [-0.3, -0.25) is 9.36 Å². The lowest BCUT2D eigenvalue weighted by molar-refractivity contribution is -0.120. The van der Waals surface area contributed by atoms with Gasteiger partial charge >= 0.3 is 0 Å². The lowest BCUT2D eigenvalue weighted by Crippen LogP contribution is -2.49. The molecule has 0 fully saturated rings. The Morgan fingerprint density at radius 1 is 1.48 bits per heavy atom. The van der Waals surface area contributed by atoms with Crippen molar-refractivity contribution >= 4 is 17.7 Å². The number of amides is 1. The predicted molar refractivity (Wildman–Crippen MR) is 95.6 cm³/mol. The molecule has 0 radical (unpaired) electrons. The zero-order valence-electron chi connectivity index (χ0n) is 14.7. The second kappa shape index (κ2) is 8.03. The van der Waals surface area contributed by atoms with Crippen LogP contribution in [0.25, 0.3) is 5.69 Å². The standard InChI is InChI=1S/C17H21N5O2S/c1-12(2)17(3,10-18)20-15(23)9-25-16-21-19-11-22(16)13-7-5-6-8-14(13)24-4/h5-8,11-12H,9H2,1-4H3,(H,20,23)/t17-/m0/s1. The van der Waals surface area contributed by atoms with Gasteiger partial charge in [0.2, 0.25) is 5.91 Å². The van der Waals surface area contributed by atoms with Gasteiger partial charge in [0.15, 0.2) is 5.16 Å². The van der Waals surface area contributed by atoms with Gasteiger partial charge in [-0.05, 0) is 25.0 Å². The summed E-state index contributed by atoms with van der Waals surface area (Å²) >= 11 is 1.25. The van der Waals surface area contributed by atoms with Crippen LogP contribution in [0, 0.1) is 17.2 Å². The fraction of sp³-hybridized carbons (Fsp3) is 0.412. The minimum Gasteiger partial charge on any atom is -0.495 e. The Balaban J connectivity index is 2.10. The maximum Gasteiger partial charge on any atom is 0.231 e. The van der Waals surface area contributed by atoms with Crippen LogP contribution in [0.15, 0.2) is 35.7 Å². The summed E-state index contributed by atoms with van der Waals surface area (Å²) < 4.78 is 7.12. The van der Waals surface area contributed by atoms with Crippen LogP contribution in [0.2, 0.25) is 0 Å². The van der Waals surface area contributed by atoms with E-state index in [-0.39, 0.29) is 17.6 Å². The predicted octanol–water partition coefficient (Wildman–Crippen LogP) is 2.42. The van der Waals surface area contributed by atoms with Crippen molar-refractivity contribution in [1.82, 2.24) is 20.1 Å². The molecule has 0 aliphatic carbocycles. The van der Waals surface area contributed by atoms with Crippen LogP contribution in [0.5, 0.6) is 5.75 Å². The van der Waals surface area contributed by atoms with E-state index in [0.717, 1.165) is 5.69 Å². The molecule has 2 aromatic rings. The van der Waals surface area contributed by atoms with Crippen molar-refractivity contribution in [2.45, 2.75) is 31.5 Å². The van der Waals surface area contributed by atoms with Gasteiger partial charge in [-0.25, -0.2) is 0 Å². The maximum absolute atomic E-state index is 12.2. The number of thioether (sulfide) groups is 1. The number of hydrogen-bond acceptors (Lipinski definition) is 6. The SMILES string of the molecule is COc1ccccc1-n1cnnc1SCC(=O)N[C@@](C)(C#N)C(C)C. The van der Waals surface area contributed by atoms with Gasteiger partial charge in [0.05, 0.1) is 24.6 Å². The molecule has 0 aliphatic heterocycles. The number of methoxy groups -OCH3 is 1. The summed E-state index contributed by atoms with van der Waals surface area (Å²) in [6.45, 7) is 5.52. The van der Waals surface area contributed by atoms with E-state index in [2.05, 4.69) is 21.6 Å². The molecule has 7 nitrogen and oxygen atoms in total. The van der Waals surface area contributed by atoms with Crippen LogP contribution in [0.4, 0.5) is 0 Å². The lowest BCUT2D eigenvalue weighted by atomic mass is 9.90. The zero-order valence-corrected chi connectivity index (χ0v) is 15.5. The smallest absolute Gasteiger partial charge is 0.231 e. The maximum atomic E-state index is 12.2. The summed E-state index contributed by atoms with van der Waals surface area (Å²) in [6.07, 6.45) is 1.58. The second-order valence-electron chi connectivity index (χ2n) is 5.96. The van der Waals surface area contributed by atoms with E-state index in [0.29, 0.717) is 10.9 Å². The van der Waals surface area contributed by atoms with Crippen molar-refractivity contribution in [3.05, 3.63) is 30.6 Å². The Hall–Kier alpha value is -2.53. The number of nitriles is 1. The third kappa shape index (κ3) is 4.31. The van der Waals surface area contributed by atoms with Gasteiger partial charge in [-0.2, -0.15) is 5.26 Å². The fourth-order valence-corrected chi connectivity index (χ4v) is 2.80. The molecule has 0 spiro atoms. The van der Waals surface area contributed by atoms with Gasteiger partial charge in [0.25, 0.3) is 0 Å². The Morgan fingerprint density at radius 2 is 2.20 bits per heavy atom. The molecule has 2 rings (SSSR count). The van der Waals surface area contributed by atoms with Gasteiger partial charge in [-0.15, -0.1) is 10.2 Å². The number of para-hydroxylation sites is 2. The number of ether oxygens (including phenoxy) is 1. The molecule has 1 heterocycles. The van der Waals surface area contributed by atoms with Crippen LogP contribution in [-0.4, -0.2) is 39.1 Å². The highest BCUT2D eigenvalue weighted by Gasteiger charge is 2.30. The van der Waals surface area contributed by atoms with Crippen molar-refractivity contribution in [3.63, 3.8) is 0 Å². The van der Waals surface area contributed by atoms with Crippen molar-refractivity contribution in [2.24, 2.45) is 5.92 Å². The van der Waals surface area contributed by atoms with E-state index in [4.69, 9.17) is 4.74 Å². The minimum absolute atomic E-state index is 0.00341. The van der Waals surface area contributed by atoms with Gasteiger partial charge < -0.3 is 10.1 Å². The van der Waals surface area contributed by atoms with E-state index >= 15 is 0 Å². The van der Waals surface area contributed by atoms with Crippen LogP contribution in [0.3, 0.4) is 0 Å².